The van der Waals surface area contributed by atoms with E-state index in [-0.39, 0.29) is 30.4 Å². The van der Waals surface area contributed by atoms with E-state index >= 15 is 0 Å². The van der Waals surface area contributed by atoms with Crippen molar-refractivity contribution in [3.05, 3.63) is 58.1 Å². The molecule has 0 aliphatic carbocycles. The lowest BCUT2D eigenvalue weighted by Crippen LogP contribution is -2.42. The van der Waals surface area contributed by atoms with Crippen LogP contribution in [0.2, 0.25) is 0 Å². The van der Waals surface area contributed by atoms with Crippen LogP contribution in [-0.4, -0.2) is 23.7 Å². The number of benzene rings is 2. The van der Waals surface area contributed by atoms with Gasteiger partial charge in [0.25, 0.3) is 0 Å². The first-order valence-electron chi connectivity index (χ1n) is 8.26. The van der Waals surface area contributed by atoms with Crippen molar-refractivity contribution >= 4 is 45.3 Å². The zero-order chi connectivity index (χ0) is 19.6. The minimum atomic E-state index is -0.827. The molecule has 4 nitrogen and oxygen atoms in total. The first-order chi connectivity index (χ1) is 12.9. The van der Waals surface area contributed by atoms with Crippen LogP contribution in [0.3, 0.4) is 0 Å². The van der Waals surface area contributed by atoms with Gasteiger partial charge in [0.2, 0.25) is 5.91 Å². The Morgan fingerprint density at radius 1 is 1.26 bits per heavy atom. The van der Waals surface area contributed by atoms with E-state index < -0.39 is 22.9 Å². The number of thioether (sulfide) groups is 1. The molecule has 0 spiro atoms. The molecule has 0 aromatic heterocycles. The maximum Gasteiger partial charge on any atom is 0.307 e. The summed E-state index contributed by atoms with van der Waals surface area (Å²) >= 11 is 4.19. The van der Waals surface area contributed by atoms with Crippen molar-refractivity contribution in [2.45, 2.75) is 30.0 Å². The van der Waals surface area contributed by atoms with Crippen LogP contribution in [0.4, 0.5) is 14.5 Å². The van der Waals surface area contributed by atoms with Crippen LogP contribution in [-0.2, 0) is 20.9 Å². The number of rotatable bonds is 5. The molecule has 1 heterocycles. The standard InChI is InChI=1S/C19H16BrF2NO3S/c1-2-26-17(24)9-16-19(25)23(10-11-6-7-12(20)8-14(11)22)15-5-3-4-13(21)18(15)27-16/h3-8,16H,2,9-10H2,1H3. The van der Waals surface area contributed by atoms with Crippen molar-refractivity contribution in [1.82, 2.24) is 0 Å². The van der Waals surface area contributed by atoms with E-state index in [1.807, 2.05) is 0 Å². The van der Waals surface area contributed by atoms with Gasteiger partial charge in [0, 0.05) is 10.0 Å². The Morgan fingerprint density at radius 3 is 2.74 bits per heavy atom. The number of hydrogen-bond acceptors (Lipinski definition) is 4. The highest BCUT2D eigenvalue weighted by Crippen LogP contribution is 2.42. The van der Waals surface area contributed by atoms with Gasteiger partial charge in [-0.25, -0.2) is 8.78 Å². The summed E-state index contributed by atoms with van der Waals surface area (Å²) in [6, 6.07) is 8.94. The normalized spacial score (nSPS) is 16.2. The fraction of sp³-hybridized carbons (Fsp3) is 0.263. The van der Waals surface area contributed by atoms with Gasteiger partial charge in [0.1, 0.15) is 11.6 Å². The Hall–Kier alpha value is -1.93. The van der Waals surface area contributed by atoms with Crippen molar-refractivity contribution in [1.29, 1.82) is 0 Å². The number of fused-ring (bicyclic) bond motifs is 1. The highest BCUT2D eigenvalue weighted by atomic mass is 79.9. The minimum Gasteiger partial charge on any atom is -0.466 e. The molecule has 142 valence electrons. The van der Waals surface area contributed by atoms with Crippen LogP contribution in [0.15, 0.2) is 45.8 Å². The topological polar surface area (TPSA) is 46.6 Å². The molecule has 0 fully saturated rings. The van der Waals surface area contributed by atoms with Crippen LogP contribution in [0.5, 0.6) is 0 Å². The van der Waals surface area contributed by atoms with E-state index in [4.69, 9.17) is 4.74 Å². The second kappa shape index (κ2) is 8.39. The number of nitrogens with zero attached hydrogens (tertiary/aromatic N) is 1. The SMILES string of the molecule is CCOC(=O)CC1Sc2c(F)cccc2N(Cc2ccc(Br)cc2F)C1=O. The Bertz CT molecular complexity index is 893. The number of carbonyl (C=O) groups is 2. The molecule has 3 rings (SSSR count). The summed E-state index contributed by atoms with van der Waals surface area (Å²) in [6.07, 6.45) is -0.176. The van der Waals surface area contributed by atoms with Crippen molar-refractivity contribution in [3.63, 3.8) is 0 Å². The third kappa shape index (κ3) is 4.32. The highest BCUT2D eigenvalue weighted by Gasteiger charge is 2.37. The average molecular weight is 456 g/mol. The lowest BCUT2D eigenvalue weighted by atomic mass is 10.1. The van der Waals surface area contributed by atoms with E-state index in [1.54, 1.807) is 25.1 Å². The number of amides is 1. The van der Waals surface area contributed by atoms with E-state index in [0.29, 0.717) is 15.7 Å². The van der Waals surface area contributed by atoms with E-state index in [1.165, 1.54) is 23.1 Å². The number of carbonyl (C=O) groups excluding carboxylic acids is 2. The van der Waals surface area contributed by atoms with Gasteiger partial charge in [-0.05, 0) is 31.2 Å². The molecule has 1 unspecified atom stereocenters. The quantitative estimate of drug-likeness (QED) is 0.613. The van der Waals surface area contributed by atoms with E-state index in [9.17, 15) is 18.4 Å². The monoisotopic (exact) mass is 455 g/mol. The first-order valence-corrected chi connectivity index (χ1v) is 9.94. The third-order valence-corrected chi connectivity index (χ3v) is 5.83. The molecule has 1 amide bonds. The Morgan fingerprint density at radius 2 is 2.04 bits per heavy atom. The van der Waals surface area contributed by atoms with Crippen LogP contribution >= 0.6 is 27.7 Å². The van der Waals surface area contributed by atoms with Crippen LogP contribution in [0, 0.1) is 11.6 Å². The number of halogens is 3. The van der Waals surface area contributed by atoms with Crippen molar-refractivity contribution in [2.75, 3.05) is 11.5 Å². The lowest BCUT2D eigenvalue weighted by Gasteiger charge is -2.33. The molecular weight excluding hydrogens is 440 g/mol. The lowest BCUT2D eigenvalue weighted by molar-refractivity contribution is -0.144. The van der Waals surface area contributed by atoms with Crippen LogP contribution < -0.4 is 4.90 Å². The number of esters is 1. The summed E-state index contributed by atoms with van der Waals surface area (Å²) in [4.78, 5) is 26.4. The van der Waals surface area contributed by atoms with Gasteiger partial charge in [-0.2, -0.15) is 0 Å². The second-order valence-electron chi connectivity index (χ2n) is 5.86. The summed E-state index contributed by atoms with van der Waals surface area (Å²) < 4.78 is 34.1. The molecule has 2 aromatic carbocycles. The van der Waals surface area contributed by atoms with Gasteiger partial charge >= 0.3 is 5.97 Å². The van der Waals surface area contributed by atoms with Gasteiger partial charge < -0.3 is 9.64 Å². The van der Waals surface area contributed by atoms with Gasteiger partial charge in [-0.15, -0.1) is 11.8 Å². The van der Waals surface area contributed by atoms with Gasteiger partial charge in [-0.3, -0.25) is 9.59 Å². The molecule has 0 radical (unpaired) electrons. The van der Waals surface area contributed by atoms with Crippen molar-refractivity contribution < 1.29 is 23.1 Å². The first kappa shape index (κ1) is 19.8. The van der Waals surface area contributed by atoms with Gasteiger partial charge in [0.15, 0.2) is 0 Å². The number of ether oxygens (including phenoxy) is 1. The summed E-state index contributed by atoms with van der Waals surface area (Å²) in [7, 11) is 0. The molecule has 27 heavy (non-hydrogen) atoms. The molecule has 0 saturated carbocycles. The summed E-state index contributed by atoms with van der Waals surface area (Å²) in [6.45, 7) is 1.81. The molecule has 1 atom stereocenters. The fourth-order valence-electron chi connectivity index (χ4n) is 2.80. The Kier molecular flexibility index (Phi) is 6.16. The zero-order valence-electron chi connectivity index (χ0n) is 14.4. The van der Waals surface area contributed by atoms with Crippen molar-refractivity contribution in [3.8, 4) is 0 Å². The molecule has 1 aliphatic rings. The Labute approximate surface area is 168 Å². The van der Waals surface area contributed by atoms with E-state index in [0.717, 1.165) is 11.8 Å². The van der Waals surface area contributed by atoms with Crippen LogP contribution in [0.1, 0.15) is 18.9 Å². The van der Waals surface area contributed by atoms with Crippen molar-refractivity contribution in [2.24, 2.45) is 0 Å². The average Bonchev–Trinajstić information content (AvgIpc) is 2.61. The maximum absolute atomic E-state index is 14.3. The molecule has 1 aliphatic heterocycles. The fourth-order valence-corrected chi connectivity index (χ4v) is 4.34. The zero-order valence-corrected chi connectivity index (χ0v) is 16.8. The highest BCUT2D eigenvalue weighted by molar-refractivity contribution is 9.10. The minimum absolute atomic E-state index is 0.0612. The number of hydrogen-bond donors (Lipinski definition) is 0. The van der Waals surface area contributed by atoms with Gasteiger partial charge in [0.05, 0.1) is 35.4 Å². The maximum atomic E-state index is 14.3. The summed E-state index contributed by atoms with van der Waals surface area (Å²) in [5.74, 6) is -1.87. The summed E-state index contributed by atoms with van der Waals surface area (Å²) in [5, 5.41) is -0.827. The largest absolute Gasteiger partial charge is 0.466 e. The van der Waals surface area contributed by atoms with Gasteiger partial charge in [-0.1, -0.05) is 28.1 Å². The smallest absolute Gasteiger partial charge is 0.307 e. The molecule has 0 bridgehead atoms. The number of anilines is 1. The van der Waals surface area contributed by atoms with E-state index in [2.05, 4.69) is 15.9 Å². The predicted octanol–water partition coefficient (Wildman–Crippen LogP) is 4.69. The second-order valence-corrected chi connectivity index (χ2v) is 7.99. The molecule has 0 N–H and O–H groups in total. The predicted molar refractivity (Wildman–Crippen MR) is 103 cm³/mol. The van der Waals surface area contributed by atoms with Crippen LogP contribution in [0.25, 0.3) is 0 Å². The molecule has 0 saturated heterocycles. The molecule has 8 heteroatoms. The third-order valence-electron chi connectivity index (χ3n) is 4.04. The summed E-state index contributed by atoms with van der Waals surface area (Å²) in [5.41, 5.74) is 0.663. The Balaban J connectivity index is 1.96. The molecular formula is C19H16BrF2NO3S. The molecule has 2 aromatic rings.